The van der Waals surface area contributed by atoms with Crippen molar-refractivity contribution in [1.82, 2.24) is 4.90 Å². The second-order valence-corrected chi connectivity index (χ2v) is 4.60. The number of hydrogen-bond donors (Lipinski definition) is 0. The zero-order chi connectivity index (χ0) is 12.8. The number of hydrogen-bond acceptors (Lipinski definition) is 4. The largest absolute Gasteiger partial charge is 0.458 e. The number of esters is 1. The maximum Gasteiger partial charge on any atom is 0.368 e. The van der Waals surface area contributed by atoms with Crippen LogP contribution in [0.15, 0.2) is 6.08 Å². The van der Waals surface area contributed by atoms with Crippen LogP contribution in [-0.4, -0.2) is 43.3 Å². The molecule has 0 aromatic heterocycles. The molecule has 0 fully saturated rings. The van der Waals surface area contributed by atoms with E-state index in [1.165, 1.54) is 0 Å². The molecule has 0 aromatic rings. The van der Waals surface area contributed by atoms with Crippen molar-refractivity contribution in [3.8, 4) is 0 Å². The van der Waals surface area contributed by atoms with Gasteiger partial charge in [0.2, 0.25) is 12.2 Å². The molecule has 1 unspecified atom stereocenters. The number of rotatable bonds is 5. The number of ether oxygens (including phenoxy) is 2. The molecule has 4 nitrogen and oxygen atoms in total. The van der Waals surface area contributed by atoms with E-state index in [1.807, 2.05) is 41.8 Å². The normalized spacial score (nSPS) is 13.4. The van der Waals surface area contributed by atoms with Gasteiger partial charge >= 0.3 is 12.2 Å². The van der Waals surface area contributed by atoms with Gasteiger partial charge in [0.15, 0.2) is 0 Å². The molecule has 0 rings (SSSR count). The van der Waals surface area contributed by atoms with Gasteiger partial charge in [-0.25, -0.2) is 4.79 Å². The van der Waals surface area contributed by atoms with Gasteiger partial charge in [-0.2, -0.15) is 4.90 Å². The first-order chi connectivity index (χ1) is 7.26. The standard InChI is InChI=1S/C12H22NO3/c1-7-15-10(8-9-13(5)6)11(14)16-12(2,3)4/h8,10H,7H2,1-6H3/q+1. The van der Waals surface area contributed by atoms with Gasteiger partial charge in [-0.1, -0.05) is 0 Å². The lowest BCUT2D eigenvalue weighted by Crippen LogP contribution is -2.32. The van der Waals surface area contributed by atoms with E-state index in [0.29, 0.717) is 6.61 Å². The molecular weight excluding hydrogens is 206 g/mol. The van der Waals surface area contributed by atoms with Crippen molar-refractivity contribution in [1.29, 1.82) is 0 Å². The van der Waals surface area contributed by atoms with Crippen LogP contribution in [0.1, 0.15) is 27.7 Å². The molecule has 0 heterocycles. The topological polar surface area (TPSA) is 38.8 Å². The molecule has 16 heavy (non-hydrogen) atoms. The van der Waals surface area contributed by atoms with Crippen molar-refractivity contribution in [3.05, 3.63) is 12.3 Å². The van der Waals surface area contributed by atoms with E-state index >= 15 is 0 Å². The second kappa shape index (κ2) is 6.46. The lowest BCUT2D eigenvalue weighted by Gasteiger charge is -2.21. The zero-order valence-corrected chi connectivity index (χ0v) is 11.0. The first-order valence-corrected chi connectivity index (χ1v) is 5.37. The van der Waals surface area contributed by atoms with E-state index in [2.05, 4.69) is 6.20 Å². The van der Waals surface area contributed by atoms with Crippen LogP contribution in [0, 0.1) is 6.20 Å². The smallest absolute Gasteiger partial charge is 0.368 e. The fourth-order valence-corrected chi connectivity index (χ4v) is 0.940. The van der Waals surface area contributed by atoms with Crippen LogP contribution in [0.5, 0.6) is 0 Å². The van der Waals surface area contributed by atoms with Gasteiger partial charge in [-0.05, 0) is 27.7 Å². The maximum atomic E-state index is 11.7. The Morgan fingerprint density at radius 3 is 2.38 bits per heavy atom. The van der Waals surface area contributed by atoms with Crippen molar-refractivity contribution in [3.63, 3.8) is 0 Å². The molecule has 0 bridgehead atoms. The minimum absolute atomic E-state index is 0.385. The van der Waals surface area contributed by atoms with E-state index in [9.17, 15) is 4.79 Å². The molecule has 0 N–H and O–H groups in total. The third-order valence-corrected chi connectivity index (χ3v) is 1.47. The van der Waals surface area contributed by atoms with Gasteiger partial charge in [0.1, 0.15) is 5.60 Å². The van der Waals surface area contributed by atoms with Gasteiger partial charge < -0.3 is 9.47 Å². The summed E-state index contributed by atoms with van der Waals surface area (Å²) in [5, 5.41) is 0. The Kier molecular flexibility index (Phi) is 6.01. The zero-order valence-electron chi connectivity index (χ0n) is 11.0. The molecular formula is C12H22NO3+. The lowest BCUT2D eigenvalue weighted by molar-refractivity contribution is -0.165. The first-order valence-electron chi connectivity index (χ1n) is 5.37. The summed E-state index contributed by atoms with van der Waals surface area (Å²) in [6.07, 6.45) is 3.76. The van der Waals surface area contributed by atoms with Gasteiger partial charge in [0, 0.05) is 6.61 Å². The molecule has 0 aromatic carbocycles. The molecule has 1 atom stereocenters. The lowest BCUT2D eigenvalue weighted by atomic mass is 10.2. The number of carbonyl (C=O) groups is 1. The second-order valence-electron chi connectivity index (χ2n) is 4.60. The average Bonchev–Trinajstić information content (AvgIpc) is 2.08. The third kappa shape index (κ3) is 7.21. The number of carbonyl (C=O) groups excluding carboxylic acids is 1. The van der Waals surface area contributed by atoms with Crippen LogP contribution in [0.4, 0.5) is 0 Å². The van der Waals surface area contributed by atoms with Crippen molar-refractivity contribution in [2.75, 3.05) is 20.7 Å². The number of nitrogens with zero attached hydrogens (tertiary/aromatic N) is 1. The Labute approximate surface area is 98.2 Å². The van der Waals surface area contributed by atoms with E-state index in [0.717, 1.165) is 0 Å². The summed E-state index contributed by atoms with van der Waals surface area (Å²) in [7, 11) is 3.66. The molecule has 0 aliphatic heterocycles. The van der Waals surface area contributed by atoms with E-state index in [4.69, 9.17) is 9.47 Å². The first kappa shape index (κ1) is 14.9. The molecule has 0 amide bonds. The third-order valence-electron chi connectivity index (χ3n) is 1.47. The highest BCUT2D eigenvalue weighted by Crippen LogP contribution is 2.10. The molecule has 0 radical (unpaired) electrons. The minimum atomic E-state index is -0.688. The Hall–Kier alpha value is -1.12. The fraction of sp³-hybridized carbons (Fsp3) is 0.750. The highest BCUT2D eigenvalue weighted by atomic mass is 16.6. The summed E-state index contributed by atoms with van der Waals surface area (Å²) in [5.74, 6) is -0.385. The van der Waals surface area contributed by atoms with Crippen LogP contribution in [0.3, 0.4) is 0 Å². The summed E-state index contributed by atoms with van der Waals surface area (Å²) in [5.41, 5.74) is -0.502. The fourth-order valence-electron chi connectivity index (χ4n) is 0.940. The molecule has 0 spiro atoms. The van der Waals surface area contributed by atoms with E-state index in [-0.39, 0.29) is 5.97 Å². The maximum absolute atomic E-state index is 11.7. The van der Waals surface area contributed by atoms with Crippen molar-refractivity contribution in [2.45, 2.75) is 39.4 Å². The predicted octanol–water partition coefficient (Wildman–Crippen LogP) is 1.61. The van der Waals surface area contributed by atoms with Crippen LogP contribution in [-0.2, 0) is 14.3 Å². The molecule has 0 aliphatic carbocycles. The molecule has 0 aliphatic rings. The van der Waals surface area contributed by atoms with E-state index < -0.39 is 11.7 Å². The van der Waals surface area contributed by atoms with Gasteiger partial charge in [-0.3, -0.25) is 0 Å². The van der Waals surface area contributed by atoms with Crippen LogP contribution in [0.25, 0.3) is 0 Å². The van der Waals surface area contributed by atoms with Crippen molar-refractivity contribution >= 4 is 5.97 Å². The average molecular weight is 228 g/mol. The van der Waals surface area contributed by atoms with Gasteiger partial charge in [0.05, 0.1) is 14.1 Å². The SMILES string of the molecule is CCOC(C=[C+]N(C)C)C(=O)OC(C)(C)C. The van der Waals surface area contributed by atoms with Crippen LogP contribution < -0.4 is 0 Å². The molecule has 0 saturated heterocycles. The molecule has 0 saturated carbocycles. The summed E-state index contributed by atoms with van der Waals surface area (Å²) < 4.78 is 10.5. The Bertz CT molecular complexity index is 241. The molecule has 4 heteroatoms. The summed E-state index contributed by atoms with van der Waals surface area (Å²) in [4.78, 5) is 13.4. The summed E-state index contributed by atoms with van der Waals surface area (Å²) in [6, 6.07) is 0. The quantitative estimate of drug-likeness (QED) is 0.407. The minimum Gasteiger partial charge on any atom is -0.458 e. The van der Waals surface area contributed by atoms with Crippen molar-refractivity contribution < 1.29 is 14.3 Å². The molecule has 92 valence electrons. The van der Waals surface area contributed by atoms with E-state index in [1.54, 1.807) is 11.0 Å². The van der Waals surface area contributed by atoms with Crippen LogP contribution >= 0.6 is 0 Å². The Balaban J connectivity index is 4.47. The highest BCUT2D eigenvalue weighted by Gasteiger charge is 2.27. The van der Waals surface area contributed by atoms with Crippen molar-refractivity contribution in [2.24, 2.45) is 0 Å². The highest BCUT2D eigenvalue weighted by molar-refractivity contribution is 5.77. The Morgan fingerprint density at radius 2 is 2.00 bits per heavy atom. The monoisotopic (exact) mass is 228 g/mol. The van der Waals surface area contributed by atoms with Crippen LogP contribution in [0.2, 0.25) is 0 Å². The van der Waals surface area contributed by atoms with Gasteiger partial charge in [-0.15, -0.1) is 0 Å². The summed E-state index contributed by atoms with van der Waals surface area (Å²) in [6.45, 7) is 7.77. The Morgan fingerprint density at radius 1 is 1.44 bits per heavy atom. The predicted molar refractivity (Wildman–Crippen MR) is 62.8 cm³/mol. The van der Waals surface area contributed by atoms with Gasteiger partial charge in [0.25, 0.3) is 0 Å². The summed E-state index contributed by atoms with van der Waals surface area (Å²) >= 11 is 0.